The lowest BCUT2D eigenvalue weighted by atomic mass is 10.0. The topological polar surface area (TPSA) is 76.1 Å². The molecular formula is C16H11F5N2O3S. The number of sulfone groups is 1. The number of nitrogens with zero attached hydrogens (tertiary/aromatic N) is 1. The molecule has 0 saturated carbocycles. The van der Waals surface area contributed by atoms with E-state index >= 15 is 0 Å². The first kappa shape index (κ1) is 19.2. The molecule has 1 aliphatic heterocycles. The first-order chi connectivity index (χ1) is 12.4. The maximum absolute atomic E-state index is 14.0. The third-order valence-corrected chi connectivity index (χ3v) is 5.77. The number of fused-ring (bicyclic) bond motifs is 1. The number of carbonyl (C=O) groups excluding carboxylic acids is 1. The zero-order chi connectivity index (χ0) is 20.0. The van der Waals surface area contributed by atoms with Gasteiger partial charge in [-0.1, -0.05) is 12.1 Å². The van der Waals surface area contributed by atoms with Crippen molar-refractivity contribution in [2.75, 3.05) is 11.1 Å². The summed E-state index contributed by atoms with van der Waals surface area (Å²) in [4.78, 5) is 14.7. The Balaban J connectivity index is 1.96. The average Bonchev–Trinajstić information content (AvgIpc) is 2.58. The third-order valence-electron chi connectivity index (χ3n) is 3.97. The van der Waals surface area contributed by atoms with Crippen LogP contribution in [-0.2, 0) is 21.9 Å². The minimum atomic E-state index is -4.69. The van der Waals surface area contributed by atoms with Gasteiger partial charge in [-0.05, 0) is 18.2 Å². The van der Waals surface area contributed by atoms with Crippen molar-refractivity contribution in [3.05, 3.63) is 53.3 Å². The van der Waals surface area contributed by atoms with E-state index in [1.54, 1.807) is 0 Å². The summed E-state index contributed by atoms with van der Waals surface area (Å²) in [6.45, 7) is 0. The van der Waals surface area contributed by atoms with Crippen molar-refractivity contribution in [3.8, 4) is 0 Å². The number of nitrogens with one attached hydrogen (secondary N) is 1. The van der Waals surface area contributed by atoms with E-state index in [4.69, 9.17) is 0 Å². The number of halogens is 5. The molecule has 1 amide bonds. The summed E-state index contributed by atoms with van der Waals surface area (Å²) in [6, 6.07) is 4.69. The van der Waals surface area contributed by atoms with Crippen molar-refractivity contribution in [2.24, 2.45) is 0 Å². The normalized spacial score (nSPS) is 17.8. The van der Waals surface area contributed by atoms with Gasteiger partial charge in [0, 0.05) is 18.2 Å². The molecule has 11 heteroatoms. The molecule has 0 fully saturated rings. The van der Waals surface area contributed by atoms with E-state index < -0.39 is 56.2 Å². The predicted octanol–water partition coefficient (Wildman–Crippen LogP) is 3.62. The van der Waals surface area contributed by atoms with Gasteiger partial charge in [-0.15, -0.1) is 0 Å². The lowest BCUT2D eigenvalue weighted by Gasteiger charge is -2.26. The molecule has 0 radical (unpaired) electrons. The first-order valence-electron chi connectivity index (χ1n) is 7.50. The summed E-state index contributed by atoms with van der Waals surface area (Å²) in [5, 5.41) is 2.17. The summed E-state index contributed by atoms with van der Waals surface area (Å²) in [5.41, 5.74) is -2.59. The van der Waals surface area contributed by atoms with Gasteiger partial charge in [0.1, 0.15) is 5.69 Å². The number of alkyl halides is 5. The molecule has 0 unspecified atom stereocenters. The van der Waals surface area contributed by atoms with Crippen molar-refractivity contribution in [1.29, 1.82) is 0 Å². The third kappa shape index (κ3) is 3.64. The molecule has 3 rings (SSSR count). The molecule has 0 saturated heterocycles. The number of hydrogen-bond acceptors (Lipinski definition) is 4. The highest BCUT2D eigenvalue weighted by Crippen LogP contribution is 2.44. The predicted molar refractivity (Wildman–Crippen MR) is 84.2 cm³/mol. The molecule has 27 heavy (non-hydrogen) atoms. The molecule has 0 bridgehead atoms. The monoisotopic (exact) mass is 406 g/mol. The molecule has 5 nitrogen and oxygen atoms in total. The molecule has 2 heterocycles. The lowest BCUT2D eigenvalue weighted by molar-refractivity contribution is -0.141. The van der Waals surface area contributed by atoms with Crippen LogP contribution in [0.1, 0.15) is 28.0 Å². The van der Waals surface area contributed by atoms with Gasteiger partial charge < -0.3 is 5.32 Å². The van der Waals surface area contributed by atoms with Gasteiger partial charge in [-0.3, -0.25) is 9.78 Å². The second kappa shape index (κ2) is 6.25. The maximum Gasteiger partial charge on any atom is 0.433 e. The number of aromatic nitrogens is 1. The molecule has 0 atom stereocenters. The van der Waals surface area contributed by atoms with Crippen LogP contribution in [0.5, 0.6) is 0 Å². The van der Waals surface area contributed by atoms with Crippen molar-refractivity contribution < 1.29 is 35.2 Å². The maximum atomic E-state index is 14.0. The quantitative estimate of drug-likeness (QED) is 0.773. The van der Waals surface area contributed by atoms with Crippen LogP contribution in [0.3, 0.4) is 0 Å². The van der Waals surface area contributed by atoms with E-state index in [2.05, 4.69) is 10.3 Å². The molecule has 1 aliphatic rings. The van der Waals surface area contributed by atoms with Crippen LogP contribution < -0.4 is 5.32 Å². The Morgan fingerprint density at radius 1 is 1.15 bits per heavy atom. The van der Waals surface area contributed by atoms with E-state index in [-0.39, 0.29) is 11.3 Å². The summed E-state index contributed by atoms with van der Waals surface area (Å²) < 4.78 is 90.1. The van der Waals surface area contributed by atoms with Crippen molar-refractivity contribution in [3.63, 3.8) is 0 Å². The molecule has 0 spiro atoms. The largest absolute Gasteiger partial charge is 0.433 e. The fraction of sp³-hybridized carbons (Fsp3) is 0.250. The van der Waals surface area contributed by atoms with E-state index in [1.165, 1.54) is 0 Å². The number of benzene rings is 1. The molecular weight excluding hydrogens is 395 g/mol. The van der Waals surface area contributed by atoms with E-state index in [0.717, 1.165) is 24.3 Å². The highest BCUT2D eigenvalue weighted by molar-refractivity contribution is 7.91. The number of amides is 1. The van der Waals surface area contributed by atoms with Gasteiger partial charge in [0.25, 0.3) is 11.8 Å². The molecule has 2 aromatic rings. The van der Waals surface area contributed by atoms with E-state index in [0.29, 0.717) is 12.3 Å². The van der Waals surface area contributed by atoms with Crippen LogP contribution in [0, 0.1) is 0 Å². The SMILES string of the molecule is O=C(Nc1cccc2c1S(=O)(=O)CCC2(F)F)c1ccc(C(F)(F)F)nc1. The Kier molecular flexibility index (Phi) is 4.45. The van der Waals surface area contributed by atoms with Gasteiger partial charge in [0.2, 0.25) is 0 Å². The Morgan fingerprint density at radius 3 is 2.44 bits per heavy atom. The van der Waals surface area contributed by atoms with Gasteiger partial charge in [0.15, 0.2) is 9.84 Å². The van der Waals surface area contributed by atoms with Gasteiger partial charge >= 0.3 is 6.18 Å². The zero-order valence-electron chi connectivity index (χ0n) is 13.3. The van der Waals surface area contributed by atoms with Crippen molar-refractivity contribution in [1.82, 2.24) is 4.98 Å². The van der Waals surface area contributed by atoms with Crippen LogP contribution in [-0.4, -0.2) is 25.1 Å². The van der Waals surface area contributed by atoms with Gasteiger partial charge in [-0.25, -0.2) is 17.2 Å². The summed E-state index contributed by atoms with van der Waals surface area (Å²) in [5.74, 6) is -5.15. The van der Waals surface area contributed by atoms with Gasteiger partial charge in [-0.2, -0.15) is 13.2 Å². The van der Waals surface area contributed by atoms with Crippen LogP contribution in [0.15, 0.2) is 41.4 Å². The minimum absolute atomic E-state index is 0.291. The minimum Gasteiger partial charge on any atom is -0.321 e. The smallest absolute Gasteiger partial charge is 0.321 e. The number of hydrogen-bond donors (Lipinski definition) is 1. The lowest BCUT2D eigenvalue weighted by Crippen LogP contribution is -2.29. The Bertz CT molecular complexity index is 1000. The number of pyridine rings is 1. The fourth-order valence-corrected chi connectivity index (χ4v) is 4.38. The first-order valence-corrected chi connectivity index (χ1v) is 9.16. The van der Waals surface area contributed by atoms with Crippen LogP contribution in [0.25, 0.3) is 0 Å². The molecule has 1 aromatic heterocycles. The van der Waals surface area contributed by atoms with Crippen molar-refractivity contribution >= 4 is 21.4 Å². The van der Waals surface area contributed by atoms with E-state index in [9.17, 15) is 35.2 Å². The Labute approximate surface area is 150 Å². The molecule has 1 aromatic carbocycles. The van der Waals surface area contributed by atoms with Gasteiger partial charge in [0.05, 0.1) is 21.9 Å². The fourth-order valence-electron chi connectivity index (χ4n) is 2.65. The van der Waals surface area contributed by atoms with Crippen LogP contribution in [0.2, 0.25) is 0 Å². The van der Waals surface area contributed by atoms with Crippen LogP contribution >= 0.6 is 0 Å². The summed E-state index contributed by atoms with van der Waals surface area (Å²) >= 11 is 0. The number of rotatable bonds is 2. The zero-order valence-corrected chi connectivity index (χ0v) is 14.2. The van der Waals surface area contributed by atoms with Crippen LogP contribution in [0.4, 0.5) is 27.6 Å². The summed E-state index contributed by atoms with van der Waals surface area (Å²) in [6.07, 6.45) is -4.90. The number of carbonyl (C=O) groups is 1. The molecule has 0 aliphatic carbocycles. The van der Waals surface area contributed by atoms with Crippen molar-refractivity contribution in [2.45, 2.75) is 23.4 Å². The highest BCUT2D eigenvalue weighted by atomic mass is 32.2. The number of anilines is 1. The Hall–Kier alpha value is -2.56. The Morgan fingerprint density at radius 2 is 1.85 bits per heavy atom. The molecule has 1 N–H and O–H groups in total. The molecule has 144 valence electrons. The standard InChI is InChI=1S/C16H11F5N2O3S/c17-15(18)6-7-27(25,26)13-10(15)2-1-3-11(13)23-14(24)9-4-5-12(22-8-9)16(19,20)21/h1-5,8H,6-7H2,(H,23,24). The second-order valence-electron chi connectivity index (χ2n) is 5.84. The summed E-state index contributed by atoms with van der Waals surface area (Å²) in [7, 11) is -4.06. The van der Waals surface area contributed by atoms with E-state index in [1.807, 2.05) is 0 Å². The second-order valence-corrected chi connectivity index (χ2v) is 7.89. The highest BCUT2D eigenvalue weighted by Gasteiger charge is 2.44. The average molecular weight is 406 g/mol.